The number of rotatable bonds is 4. The number of aromatic nitrogens is 2. The lowest BCUT2D eigenvalue weighted by molar-refractivity contribution is -0.115. The van der Waals surface area contributed by atoms with Gasteiger partial charge in [-0.25, -0.2) is 4.98 Å². The summed E-state index contributed by atoms with van der Waals surface area (Å²) >= 11 is 3.79. The monoisotopic (exact) mass is 459 g/mol. The van der Waals surface area contributed by atoms with Gasteiger partial charge in [0.15, 0.2) is 4.96 Å². The number of carbonyl (C=O) groups excluding carboxylic acids is 1. The molecule has 0 saturated heterocycles. The van der Waals surface area contributed by atoms with Gasteiger partial charge in [-0.2, -0.15) is 0 Å². The highest BCUT2D eigenvalue weighted by molar-refractivity contribution is 14.1. The number of nitrogens with zero attached hydrogens (tertiary/aromatic N) is 2. The molecule has 0 aliphatic carbocycles. The first-order valence-corrected chi connectivity index (χ1v) is 9.71. The molecule has 2 heterocycles. The van der Waals surface area contributed by atoms with E-state index in [9.17, 15) is 4.79 Å². The molecule has 4 nitrogen and oxygen atoms in total. The van der Waals surface area contributed by atoms with Crippen LogP contribution in [-0.2, 0) is 11.2 Å². The Hall–Kier alpha value is -2.19. The molecular formula is C19H14IN3OS. The van der Waals surface area contributed by atoms with E-state index in [-0.39, 0.29) is 5.91 Å². The molecule has 0 fully saturated rings. The summed E-state index contributed by atoms with van der Waals surface area (Å²) in [4.78, 5) is 17.9. The smallest absolute Gasteiger partial charge is 0.230 e. The highest BCUT2D eigenvalue weighted by atomic mass is 127. The number of hydrogen-bond donors (Lipinski definition) is 1. The van der Waals surface area contributed by atoms with Crippen LogP contribution in [0.4, 0.5) is 5.69 Å². The van der Waals surface area contributed by atoms with E-state index in [4.69, 9.17) is 0 Å². The summed E-state index contributed by atoms with van der Waals surface area (Å²) in [6, 6.07) is 17.8. The molecule has 0 radical (unpaired) electrons. The summed E-state index contributed by atoms with van der Waals surface area (Å²) in [6.45, 7) is 0. The van der Waals surface area contributed by atoms with Crippen LogP contribution in [0.15, 0.2) is 66.2 Å². The Bertz CT molecular complexity index is 1020. The molecule has 2 aromatic carbocycles. The van der Waals surface area contributed by atoms with Crippen LogP contribution in [0.1, 0.15) is 5.69 Å². The number of thiazole rings is 1. The van der Waals surface area contributed by atoms with Gasteiger partial charge in [0, 0.05) is 32.1 Å². The molecule has 0 unspecified atom stereocenters. The molecule has 4 aromatic rings. The molecule has 2 aromatic heterocycles. The van der Waals surface area contributed by atoms with Gasteiger partial charge in [0.05, 0.1) is 12.1 Å². The van der Waals surface area contributed by atoms with Crippen LogP contribution in [0.5, 0.6) is 0 Å². The number of nitrogens with one attached hydrogen (secondary N) is 1. The number of hydrogen-bond acceptors (Lipinski definition) is 3. The molecule has 1 amide bonds. The standard InChI is InChI=1S/C19H14IN3OS/c20-14-6-8-15(9-7-14)21-18(24)10-16-12-25-19-22-17(11-23(16)19)13-4-2-1-3-5-13/h1-9,11-12H,10H2,(H,21,24). The predicted molar refractivity (Wildman–Crippen MR) is 110 cm³/mol. The van der Waals surface area contributed by atoms with Gasteiger partial charge >= 0.3 is 0 Å². The van der Waals surface area contributed by atoms with E-state index < -0.39 is 0 Å². The van der Waals surface area contributed by atoms with Crippen molar-refractivity contribution >= 4 is 50.5 Å². The summed E-state index contributed by atoms with van der Waals surface area (Å²) in [5.74, 6) is -0.0316. The molecule has 0 saturated carbocycles. The third-order valence-corrected chi connectivity index (χ3v) is 5.43. The van der Waals surface area contributed by atoms with Crippen molar-refractivity contribution in [2.75, 3.05) is 5.32 Å². The Kier molecular flexibility index (Phi) is 4.54. The summed E-state index contributed by atoms with van der Waals surface area (Å²) < 4.78 is 3.14. The average molecular weight is 459 g/mol. The number of amides is 1. The van der Waals surface area contributed by atoms with Crippen molar-refractivity contribution in [3.8, 4) is 11.3 Å². The van der Waals surface area contributed by atoms with E-state index >= 15 is 0 Å². The van der Waals surface area contributed by atoms with E-state index in [0.29, 0.717) is 6.42 Å². The van der Waals surface area contributed by atoms with Gasteiger partial charge < -0.3 is 5.32 Å². The van der Waals surface area contributed by atoms with Crippen LogP contribution in [0.25, 0.3) is 16.2 Å². The van der Waals surface area contributed by atoms with Crippen molar-refractivity contribution in [2.45, 2.75) is 6.42 Å². The van der Waals surface area contributed by atoms with Crippen LogP contribution in [0.3, 0.4) is 0 Å². The number of anilines is 1. The first kappa shape index (κ1) is 16.3. The van der Waals surface area contributed by atoms with Crippen molar-refractivity contribution < 1.29 is 4.79 Å². The topological polar surface area (TPSA) is 46.4 Å². The zero-order valence-corrected chi connectivity index (χ0v) is 16.1. The Morgan fingerprint density at radius 1 is 1.12 bits per heavy atom. The van der Waals surface area contributed by atoms with Crippen LogP contribution in [0.2, 0.25) is 0 Å². The van der Waals surface area contributed by atoms with Gasteiger partial charge in [0.25, 0.3) is 0 Å². The zero-order valence-electron chi connectivity index (χ0n) is 13.1. The minimum atomic E-state index is -0.0316. The van der Waals surface area contributed by atoms with E-state index in [1.165, 1.54) is 0 Å². The van der Waals surface area contributed by atoms with E-state index in [0.717, 1.165) is 31.2 Å². The molecule has 0 bridgehead atoms. The molecule has 0 aliphatic rings. The van der Waals surface area contributed by atoms with Crippen molar-refractivity contribution in [3.63, 3.8) is 0 Å². The maximum absolute atomic E-state index is 12.3. The number of carbonyl (C=O) groups is 1. The number of halogens is 1. The average Bonchev–Trinajstić information content (AvgIpc) is 3.20. The fourth-order valence-electron chi connectivity index (χ4n) is 2.61. The molecule has 0 aliphatic heterocycles. The lowest BCUT2D eigenvalue weighted by Crippen LogP contribution is -2.15. The maximum atomic E-state index is 12.3. The maximum Gasteiger partial charge on any atom is 0.230 e. The van der Waals surface area contributed by atoms with Gasteiger partial charge in [0.2, 0.25) is 5.91 Å². The minimum Gasteiger partial charge on any atom is -0.326 e. The molecular weight excluding hydrogens is 445 g/mol. The first-order chi connectivity index (χ1) is 12.2. The molecule has 0 spiro atoms. The van der Waals surface area contributed by atoms with Gasteiger partial charge in [-0.05, 0) is 46.9 Å². The minimum absolute atomic E-state index is 0.0316. The molecule has 1 N–H and O–H groups in total. The van der Waals surface area contributed by atoms with Crippen molar-refractivity contribution in [1.29, 1.82) is 0 Å². The Morgan fingerprint density at radius 3 is 2.64 bits per heavy atom. The van der Waals surface area contributed by atoms with E-state index in [2.05, 4.69) is 32.9 Å². The zero-order chi connectivity index (χ0) is 17.2. The predicted octanol–water partition coefficient (Wildman–Crippen LogP) is 4.85. The van der Waals surface area contributed by atoms with Crippen LogP contribution in [0, 0.1) is 3.57 Å². The Balaban J connectivity index is 1.54. The van der Waals surface area contributed by atoms with E-state index in [1.807, 2.05) is 70.6 Å². The highest BCUT2D eigenvalue weighted by Gasteiger charge is 2.12. The number of benzene rings is 2. The second-order valence-corrected chi connectivity index (χ2v) is 7.69. The van der Waals surface area contributed by atoms with Crippen LogP contribution in [-0.4, -0.2) is 15.3 Å². The first-order valence-electron chi connectivity index (χ1n) is 7.75. The van der Waals surface area contributed by atoms with E-state index in [1.54, 1.807) is 11.3 Å². The van der Waals surface area contributed by atoms with Gasteiger partial charge in [-0.1, -0.05) is 30.3 Å². The van der Waals surface area contributed by atoms with Crippen molar-refractivity contribution in [1.82, 2.24) is 9.38 Å². The van der Waals surface area contributed by atoms with Gasteiger partial charge in [0.1, 0.15) is 0 Å². The highest BCUT2D eigenvalue weighted by Crippen LogP contribution is 2.24. The Labute approximate surface area is 162 Å². The molecule has 124 valence electrons. The van der Waals surface area contributed by atoms with Crippen molar-refractivity contribution in [2.24, 2.45) is 0 Å². The Morgan fingerprint density at radius 2 is 1.88 bits per heavy atom. The van der Waals surface area contributed by atoms with Crippen molar-refractivity contribution in [3.05, 3.63) is 75.4 Å². The summed E-state index contributed by atoms with van der Waals surface area (Å²) in [7, 11) is 0. The second kappa shape index (κ2) is 6.97. The molecule has 0 atom stereocenters. The molecule has 4 rings (SSSR count). The third-order valence-electron chi connectivity index (χ3n) is 3.82. The fourth-order valence-corrected chi connectivity index (χ4v) is 3.84. The lowest BCUT2D eigenvalue weighted by atomic mass is 10.2. The third kappa shape index (κ3) is 3.59. The fraction of sp³-hybridized carbons (Fsp3) is 0.0526. The quantitative estimate of drug-likeness (QED) is 0.444. The molecule has 25 heavy (non-hydrogen) atoms. The van der Waals surface area contributed by atoms with Crippen LogP contribution >= 0.6 is 33.9 Å². The van der Waals surface area contributed by atoms with Gasteiger partial charge in [-0.3, -0.25) is 9.20 Å². The largest absolute Gasteiger partial charge is 0.326 e. The summed E-state index contributed by atoms with van der Waals surface area (Å²) in [6.07, 6.45) is 2.31. The SMILES string of the molecule is O=C(Cc1csc2nc(-c3ccccc3)cn12)Nc1ccc(I)cc1. The second-order valence-electron chi connectivity index (χ2n) is 5.60. The number of fused-ring (bicyclic) bond motifs is 1. The van der Waals surface area contributed by atoms with Gasteiger partial charge in [-0.15, -0.1) is 11.3 Å². The summed E-state index contributed by atoms with van der Waals surface area (Å²) in [5, 5.41) is 4.93. The number of imidazole rings is 1. The molecule has 6 heteroatoms. The van der Waals surface area contributed by atoms with Crippen LogP contribution < -0.4 is 5.32 Å². The normalized spacial score (nSPS) is 10.9. The summed E-state index contributed by atoms with van der Waals surface area (Å²) in [5.41, 5.74) is 3.75. The lowest BCUT2D eigenvalue weighted by Gasteiger charge is -2.05.